The largest absolute Gasteiger partial charge is 0.478 e. The molecule has 0 aliphatic heterocycles. The maximum Gasteiger partial charge on any atom is 0.407 e. The summed E-state index contributed by atoms with van der Waals surface area (Å²) in [6.07, 6.45) is 4.09. The minimum atomic E-state index is -0.937. The lowest BCUT2D eigenvalue weighted by Crippen LogP contribution is -2.32. The number of fused-ring (bicyclic) bond motifs is 1. The summed E-state index contributed by atoms with van der Waals surface area (Å²) in [7, 11) is 0. The van der Waals surface area contributed by atoms with Gasteiger partial charge in [0.2, 0.25) is 0 Å². The highest BCUT2D eigenvalue weighted by atomic mass is 16.6. The van der Waals surface area contributed by atoms with E-state index in [4.69, 9.17) is 4.74 Å². The quantitative estimate of drug-likeness (QED) is 0.787. The normalized spacial score (nSPS) is 11.6. The van der Waals surface area contributed by atoms with Gasteiger partial charge in [-0.25, -0.2) is 9.59 Å². The zero-order chi connectivity index (χ0) is 18.4. The first-order valence-corrected chi connectivity index (χ1v) is 8.16. The topological polar surface area (TPSA) is 75.6 Å². The molecule has 2 aromatic carbocycles. The van der Waals surface area contributed by atoms with Crippen LogP contribution in [0.4, 0.5) is 4.79 Å². The zero-order valence-corrected chi connectivity index (χ0v) is 14.7. The molecule has 0 bridgehead atoms. The Kier molecular flexibility index (Phi) is 5.80. The Balaban J connectivity index is 2.01. The molecule has 0 radical (unpaired) electrons. The smallest absolute Gasteiger partial charge is 0.407 e. The number of rotatable bonds is 5. The Hall–Kier alpha value is -2.82. The summed E-state index contributed by atoms with van der Waals surface area (Å²) in [6, 6.07) is 10.8. The van der Waals surface area contributed by atoms with Crippen molar-refractivity contribution in [2.24, 2.45) is 0 Å². The molecule has 5 heteroatoms. The molecule has 0 atom stereocenters. The lowest BCUT2D eigenvalue weighted by atomic mass is 9.99. The van der Waals surface area contributed by atoms with Crippen LogP contribution in [-0.2, 0) is 4.74 Å². The monoisotopic (exact) mass is 341 g/mol. The molecule has 0 aliphatic carbocycles. The second-order valence-corrected chi connectivity index (χ2v) is 6.67. The molecule has 0 saturated heterocycles. The van der Waals surface area contributed by atoms with Gasteiger partial charge in [-0.2, -0.15) is 0 Å². The van der Waals surface area contributed by atoms with Crippen molar-refractivity contribution < 1.29 is 19.4 Å². The van der Waals surface area contributed by atoms with Crippen molar-refractivity contribution in [1.82, 2.24) is 5.32 Å². The summed E-state index contributed by atoms with van der Waals surface area (Å²) in [4.78, 5) is 22.9. The molecule has 2 rings (SSSR count). The Morgan fingerprint density at radius 3 is 2.48 bits per heavy atom. The predicted octanol–water partition coefficient (Wildman–Crippen LogP) is 4.47. The molecule has 1 amide bonds. The van der Waals surface area contributed by atoms with E-state index in [1.54, 1.807) is 18.2 Å². The summed E-state index contributed by atoms with van der Waals surface area (Å²) >= 11 is 0. The van der Waals surface area contributed by atoms with E-state index in [2.05, 4.69) is 5.32 Å². The van der Waals surface area contributed by atoms with E-state index in [-0.39, 0.29) is 0 Å². The molecular weight excluding hydrogens is 318 g/mol. The molecule has 0 aliphatic rings. The highest BCUT2D eigenvalue weighted by molar-refractivity contribution is 6.05. The average Bonchev–Trinajstić information content (AvgIpc) is 2.52. The minimum Gasteiger partial charge on any atom is -0.478 e. The van der Waals surface area contributed by atoms with Crippen molar-refractivity contribution in [2.45, 2.75) is 32.8 Å². The summed E-state index contributed by atoms with van der Waals surface area (Å²) in [6.45, 7) is 5.92. The average molecular weight is 341 g/mol. The van der Waals surface area contributed by atoms with Crippen molar-refractivity contribution in [2.75, 3.05) is 6.54 Å². The molecule has 0 fully saturated rings. The molecule has 5 nitrogen and oxygen atoms in total. The van der Waals surface area contributed by atoms with Crippen LogP contribution in [-0.4, -0.2) is 29.3 Å². The van der Waals surface area contributed by atoms with E-state index in [1.807, 2.05) is 51.1 Å². The van der Waals surface area contributed by atoms with Crippen LogP contribution in [0.2, 0.25) is 0 Å². The number of carbonyl (C=O) groups is 2. The van der Waals surface area contributed by atoms with Gasteiger partial charge < -0.3 is 15.2 Å². The zero-order valence-electron chi connectivity index (χ0n) is 14.7. The Morgan fingerprint density at radius 2 is 1.80 bits per heavy atom. The number of hydrogen-bond donors (Lipinski definition) is 2. The van der Waals surface area contributed by atoms with Crippen molar-refractivity contribution in [3.05, 3.63) is 53.6 Å². The first kappa shape index (κ1) is 18.5. The number of alkyl carbamates (subject to hydrolysis) is 1. The molecule has 0 unspecified atom stereocenters. The molecule has 2 aromatic rings. The van der Waals surface area contributed by atoms with Crippen LogP contribution in [0.25, 0.3) is 16.8 Å². The van der Waals surface area contributed by atoms with Crippen LogP contribution in [0, 0.1) is 0 Å². The fourth-order valence-corrected chi connectivity index (χ4v) is 2.45. The first-order chi connectivity index (χ1) is 11.8. The second-order valence-electron chi connectivity index (χ2n) is 6.67. The number of nitrogens with one attached hydrogen (secondary N) is 1. The number of hydrogen-bond acceptors (Lipinski definition) is 3. The van der Waals surface area contributed by atoms with Crippen LogP contribution in [0.15, 0.2) is 42.5 Å². The Labute approximate surface area is 147 Å². The maximum atomic E-state index is 11.6. The molecule has 25 heavy (non-hydrogen) atoms. The fourth-order valence-electron chi connectivity index (χ4n) is 2.45. The Bertz CT molecular complexity index is 803. The fraction of sp³-hybridized carbons (Fsp3) is 0.300. The van der Waals surface area contributed by atoms with Crippen molar-refractivity contribution >= 4 is 28.9 Å². The van der Waals surface area contributed by atoms with Crippen LogP contribution >= 0.6 is 0 Å². The van der Waals surface area contributed by atoms with Crippen molar-refractivity contribution in [3.8, 4) is 0 Å². The lowest BCUT2D eigenvalue weighted by Gasteiger charge is -2.19. The van der Waals surface area contributed by atoms with E-state index in [0.717, 1.165) is 10.9 Å². The summed E-state index contributed by atoms with van der Waals surface area (Å²) < 4.78 is 5.17. The third-order valence-electron chi connectivity index (χ3n) is 3.46. The summed E-state index contributed by atoms with van der Waals surface area (Å²) in [5.74, 6) is -0.937. The third-order valence-corrected chi connectivity index (χ3v) is 3.46. The number of carboxylic acids is 1. The molecule has 0 aromatic heterocycles. The highest BCUT2D eigenvalue weighted by Gasteiger charge is 2.15. The van der Waals surface area contributed by atoms with Crippen LogP contribution in [0.1, 0.15) is 43.1 Å². The predicted molar refractivity (Wildman–Crippen MR) is 98.8 cm³/mol. The number of benzene rings is 2. The number of aromatic carboxylic acids is 1. The molecule has 0 spiro atoms. The van der Waals surface area contributed by atoms with E-state index < -0.39 is 17.7 Å². The third kappa shape index (κ3) is 5.35. The maximum absolute atomic E-state index is 11.6. The van der Waals surface area contributed by atoms with Crippen LogP contribution < -0.4 is 5.32 Å². The van der Waals surface area contributed by atoms with Crippen LogP contribution in [0.5, 0.6) is 0 Å². The second kappa shape index (κ2) is 7.83. The van der Waals surface area contributed by atoms with Gasteiger partial charge in [0.15, 0.2) is 0 Å². The minimum absolute atomic E-state index is 0.291. The highest BCUT2D eigenvalue weighted by Crippen LogP contribution is 2.23. The van der Waals surface area contributed by atoms with Gasteiger partial charge in [0.1, 0.15) is 5.60 Å². The van der Waals surface area contributed by atoms with Gasteiger partial charge in [-0.15, -0.1) is 0 Å². The van der Waals surface area contributed by atoms with Crippen molar-refractivity contribution in [3.63, 3.8) is 0 Å². The molecule has 2 N–H and O–H groups in total. The summed E-state index contributed by atoms with van der Waals surface area (Å²) in [5.41, 5.74) is 0.724. The van der Waals surface area contributed by atoms with E-state index in [9.17, 15) is 14.7 Å². The van der Waals surface area contributed by atoms with E-state index >= 15 is 0 Å². The SMILES string of the molecule is CC(C)(C)OC(=O)NCCC=Cc1cccc2c(C(=O)O)cccc12. The number of carbonyl (C=O) groups excluding carboxylic acids is 1. The molecular formula is C20H23NO4. The molecule has 0 heterocycles. The molecule has 132 valence electrons. The van der Waals surface area contributed by atoms with Gasteiger partial charge in [0.25, 0.3) is 0 Å². The molecule has 0 saturated carbocycles. The van der Waals surface area contributed by atoms with Crippen LogP contribution in [0.3, 0.4) is 0 Å². The first-order valence-electron chi connectivity index (χ1n) is 8.16. The standard InChI is InChI=1S/C20H23NO4/c1-20(2,3)25-19(24)21-13-5-4-8-14-9-6-11-16-15(14)10-7-12-17(16)18(22)23/h4,6-12H,5,13H2,1-3H3,(H,21,24)(H,22,23). The van der Waals surface area contributed by atoms with Gasteiger partial charge in [-0.1, -0.05) is 42.5 Å². The number of amides is 1. The van der Waals surface area contributed by atoms with E-state index in [1.165, 1.54) is 0 Å². The van der Waals surface area contributed by atoms with Gasteiger partial charge in [0.05, 0.1) is 5.56 Å². The number of carboxylic acid groups (broad SMARTS) is 1. The van der Waals surface area contributed by atoms with Gasteiger partial charge >= 0.3 is 12.1 Å². The van der Waals surface area contributed by atoms with Crippen molar-refractivity contribution in [1.29, 1.82) is 0 Å². The van der Waals surface area contributed by atoms with Gasteiger partial charge in [0, 0.05) is 6.54 Å². The van der Waals surface area contributed by atoms with E-state index in [0.29, 0.717) is 23.9 Å². The van der Waals surface area contributed by atoms with Gasteiger partial charge in [-0.3, -0.25) is 0 Å². The lowest BCUT2D eigenvalue weighted by molar-refractivity contribution is 0.0528. The summed E-state index contributed by atoms with van der Waals surface area (Å²) in [5, 5.41) is 13.6. The Morgan fingerprint density at radius 1 is 1.12 bits per heavy atom. The number of ether oxygens (including phenoxy) is 1. The van der Waals surface area contributed by atoms with Gasteiger partial charge in [-0.05, 0) is 49.6 Å².